The average molecular weight is 353 g/mol. The Kier molecular flexibility index (Phi) is 6.17. The minimum Gasteiger partial charge on any atom is -0.369 e. The van der Waals surface area contributed by atoms with Crippen LogP contribution in [0.3, 0.4) is 0 Å². The summed E-state index contributed by atoms with van der Waals surface area (Å²) >= 11 is 0. The van der Waals surface area contributed by atoms with E-state index >= 15 is 0 Å². The van der Waals surface area contributed by atoms with E-state index in [0.29, 0.717) is 12.2 Å². The molecule has 2 heterocycles. The lowest BCUT2D eigenvalue weighted by Gasteiger charge is -2.36. The monoisotopic (exact) mass is 353 g/mol. The lowest BCUT2D eigenvalue weighted by molar-refractivity contribution is 0.0946. The van der Waals surface area contributed by atoms with Crippen LogP contribution in [0.2, 0.25) is 0 Å². The third-order valence-electron chi connectivity index (χ3n) is 4.69. The number of amides is 1. The summed E-state index contributed by atoms with van der Waals surface area (Å²) in [5, 5.41) is 2.92. The van der Waals surface area contributed by atoms with Crippen LogP contribution in [0.25, 0.3) is 0 Å². The molecule has 26 heavy (non-hydrogen) atoms. The molecule has 0 bridgehead atoms. The van der Waals surface area contributed by atoms with Crippen LogP contribution < -0.4 is 10.2 Å². The van der Waals surface area contributed by atoms with E-state index in [1.807, 2.05) is 6.92 Å². The number of anilines is 1. The highest BCUT2D eigenvalue weighted by Gasteiger charge is 2.17. The first kappa shape index (κ1) is 18.3. The summed E-state index contributed by atoms with van der Waals surface area (Å²) in [6, 6.07) is 8.69. The number of aryl methyl sites for hydroxylation is 2. The van der Waals surface area contributed by atoms with Crippen molar-refractivity contribution in [1.82, 2.24) is 20.2 Å². The Morgan fingerprint density at radius 3 is 2.62 bits per heavy atom. The molecule has 1 aliphatic heterocycles. The summed E-state index contributed by atoms with van der Waals surface area (Å²) in [6.07, 6.45) is 4.08. The van der Waals surface area contributed by atoms with Gasteiger partial charge in [0.2, 0.25) is 0 Å². The highest BCUT2D eigenvalue weighted by atomic mass is 16.1. The second-order valence-electron chi connectivity index (χ2n) is 6.82. The zero-order valence-corrected chi connectivity index (χ0v) is 15.6. The van der Waals surface area contributed by atoms with Crippen molar-refractivity contribution in [2.45, 2.75) is 20.3 Å². The van der Waals surface area contributed by atoms with Crippen molar-refractivity contribution in [1.29, 1.82) is 0 Å². The van der Waals surface area contributed by atoms with Gasteiger partial charge < -0.3 is 10.2 Å². The van der Waals surface area contributed by atoms with Crippen molar-refractivity contribution < 1.29 is 4.79 Å². The maximum Gasteiger partial charge on any atom is 0.271 e. The van der Waals surface area contributed by atoms with Crippen LogP contribution in [-0.2, 0) is 0 Å². The normalized spacial score (nSPS) is 15.1. The number of aromatic nitrogens is 2. The largest absolute Gasteiger partial charge is 0.369 e. The van der Waals surface area contributed by atoms with Crippen molar-refractivity contribution in [3.05, 3.63) is 53.6 Å². The standard InChI is InChI=1S/C20H27N5O/c1-16-5-3-6-18(13-16)25-11-9-24(10-12-25)8-4-7-21-20(26)19-15-22-17(2)14-23-19/h3,5-6,13-15H,4,7-12H2,1-2H3,(H,21,26). The van der Waals surface area contributed by atoms with Crippen LogP contribution >= 0.6 is 0 Å². The maximum atomic E-state index is 12.0. The lowest BCUT2D eigenvalue weighted by Crippen LogP contribution is -2.47. The zero-order valence-electron chi connectivity index (χ0n) is 15.6. The molecule has 0 aliphatic carbocycles. The van der Waals surface area contributed by atoms with E-state index in [4.69, 9.17) is 0 Å². The number of carbonyl (C=O) groups excluding carboxylic acids is 1. The smallest absolute Gasteiger partial charge is 0.271 e. The Balaban J connectivity index is 1.35. The van der Waals surface area contributed by atoms with Crippen LogP contribution in [0.4, 0.5) is 5.69 Å². The summed E-state index contributed by atoms with van der Waals surface area (Å²) in [5.41, 5.74) is 3.81. The van der Waals surface area contributed by atoms with Gasteiger partial charge in [0.05, 0.1) is 11.9 Å². The number of nitrogens with zero attached hydrogens (tertiary/aromatic N) is 4. The molecule has 0 saturated carbocycles. The van der Waals surface area contributed by atoms with Gasteiger partial charge in [-0.2, -0.15) is 0 Å². The summed E-state index contributed by atoms with van der Waals surface area (Å²) in [7, 11) is 0. The van der Waals surface area contributed by atoms with Crippen molar-refractivity contribution in [2.24, 2.45) is 0 Å². The molecule has 0 spiro atoms. The molecular weight excluding hydrogens is 326 g/mol. The van der Waals surface area contributed by atoms with Crippen LogP contribution in [-0.4, -0.2) is 60.0 Å². The Morgan fingerprint density at radius 1 is 1.12 bits per heavy atom. The van der Waals surface area contributed by atoms with Crippen LogP contribution in [0.1, 0.15) is 28.2 Å². The van der Waals surface area contributed by atoms with Gasteiger partial charge in [0.25, 0.3) is 5.91 Å². The Labute approximate surface area is 155 Å². The van der Waals surface area contributed by atoms with E-state index in [9.17, 15) is 4.79 Å². The van der Waals surface area contributed by atoms with Gasteiger partial charge in [-0.3, -0.25) is 14.7 Å². The highest BCUT2D eigenvalue weighted by molar-refractivity contribution is 5.91. The molecule has 1 amide bonds. The van der Waals surface area contributed by atoms with Crippen molar-refractivity contribution >= 4 is 11.6 Å². The number of hydrogen-bond donors (Lipinski definition) is 1. The number of benzene rings is 1. The molecule has 1 N–H and O–H groups in total. The summed E-state index contributed by atoms with van der Waals surface area (Å²) in [4.78, 5) is 25.1. The summed E-state index contributed by atoms with van der Waals surface area (Å²) in [5.74, 6) is -0.151. The molecule has 6 heteroatoms. The predicted octanol–water partition coefficient (Wildman–Crippen LogP) is 2.04. The van der Waals surface area contributed by atoms with E-state index in [-0.39, 0.29) is 5.91 Å². The first-order valence-electron chi connectivity index (χ1n) is 9.22. The first-order valence-corrected chi connectivity index (χ1v) is 9.22. The molecule has 1 aliphatic rings. The van der Waals surface area contributed by atoms with Gasteiger partial charge in [0, 0.05) is 44.6 Å². The number of hydrogen-bond acceptors (Lipinski definition) is 5. The molecule has 1 aromatic carbocycles. The van der Waals surface area contributed by atoms with E-state index < -0.39 is 0 Å². The third-order valence-corrected chi connectivity index (χ3v) is 4.69. The van der Waals surface area contributed by atoms with Gasteiger partial charge >= 0.3 is 0 Å². The molecule has 3 rings (SSSR count). The predicted molar refractivity (Wildman–Crippen MR) is 104 cm³/mol. The van der Waals surface area contributed by atoms with Gasteiger partial charge in [-0.1, -0.05) is 12.1 Å². The molecule has 0 unspecified atom stereocenters. The van der Waals surface area contributed by atoms with E-state index in [0.717, 1.165) is 44.8 Å². The minimum absolute atomic E-state index is 0.151. The second kappa shape index (κ2) is 8.76. The second-order valence-corrected chi connectivity index (χ2v) is 6.82. The SMILES string of the molecule is Cc1cccc(N2CCN(CCCNC(=O)c3cnc(C)cn3)CC2)c1. The summed E-state index contributed by atoms with van der Waals surface area (Å²) in [6.45, 7) is 9.87. The van der Waals surface area contributed by atoms with E-state index in [1.165, 1.54) is 17.4 Å². The minimum atomic E-state index is -0.151. The topological polar surface area (TPSA) is 61.4 Å². The Morgan fingerprint density at radius 2 is 1.92 bits per heavy atom. The molecule has 6 nitrogen and oxygen atoms in total. The molecule has 0 atom stereocenters. The van der Waals surface area contributed by atoms with Gasteiger partial charge in [-0.25, -0.2) is 4.98 Å². The highest BCUT2D eigenvalue weighted by Crippen LogP contribution is 2.17. The average Bonchev–Trinajstić information content (AvgIpc) is 2.66. The van der Waals surface area contributed by atoms with Crippen molar-refractivity contribution in [3.8, 4) is 0 Å². The molecule has 1 fully saturated rings. The van der Waals surface area contributed by atoms with Gasteiger partial charge in [-0.05, 0) is 44.5 Å². The first-order chi connectivity index (χ1) is 12.6. The number of carbonyl (C=O) groups is 1. The third kappa shape index (κ3) is 5.02. The number of nitrogens with one attached hydrogen (secondary N) is 1. The van der Waals surface area contributed by atoms with Crippen molar-refractivity contribution in [2.75, 3.05) is 44.2 Å². The summed E-state index contributed by atoms with van der Waals surface area (Å²) < 4.78 is 0. The van der Waals surface area contributed by atoms with E-state index in [2.05, 4.69) is 56.3 Å². The Bertz CT molecular complexity index is 723. The van der Waals surface area contributed by atoms with Gasteiger partial charge in [0.1, 0.15) is 5.69 Å². The number of piperazine rings is 1. The molecular formula is C20H27N5O. The maximum absolute atomic E-state index is 12.0. The Hall–Kier alpha value is -2.47. The van der Waals surface area contributed by atoms with Crippen LogP contribution in [0.5, 0.6) is 0 Å². The molecule has 1 saturated heterocycles. The quantitative estimate of drug-likeness (QED) is 0.805. The van der Waals surface area contributed by atoms with E-state index in [1.54, 1.807) is 6.20 Å². The fraction of sp³-hybridized carbons (Fsp3) is 0.450. The van der Waals surface area contributed by atoms with Gasteiger partial charge in [-0.15, -0.1) is 0 Å². The fourth-order valence-corrected chi connectivity index (χ4v) is 3.16. The molecule has 1 aromatic heterocycles. The van der Waals surface area contributed by atoms with Crippen molar-refractivity contribution in [3.63, 3.8) is 0 Å². The van der Waals surface area contributed by atoms with Crippen LogP contribution in [0, 0.1) is 13.8 Å². The number of rotatable bonds is 6. The van der Waals surface area contributed by atoms with Gasteiger partial charge in [0.15, 0.2) is 0 Å². The lowest BCUT2D eigenvalue weighted by atomic mass is 10.2. The molecule has 0 radical (unpaired) electrons. The van der Waals surface area contributed by atoms with Crippen LogP contribution in [0.15, 0.2) is 36.7 Å². The molecule has 2 aromatic rings. The molecule has 138 valence electrons. The fourth-order valence-electron chi connectivity index (χ4n) is 3.16. The zero-order chi connectivity index (χ0) is 18.4.